The van der Waals surface area contributed by atoms with E-state index < -0.39 is 0 Å². The zero-order valence-corrected chi connectivity index (χ0v) is 23.9. The van der Waals surface area contributed by atoms with Gasteiger partial charge in [-0.15, -0.1) is 0 Å². The summed E-state index contributed by atoms with van der Waals surface area (Å²) < 4.78 is 6.99. The molecule has 0 spiro atoms. The van der Waals surface area contributed by atoms with Gasteiger partial charge in [0.15, 0.2) is 6.17 Å². The van der Waals surface area contributed by atoms with E-state index in [0.717, 1.165) is 5.95 Å². The van der Waals surface area contributed by atoms with Crippen molar-refractivity contribution in [1.29, 1.82) is 0 Å². The molecule has 1 aliphatic heterocycles. The molecule has 0 N–H and O–H groups in total. The molecule has 0 unspecified atom stereocenters. The number of anilines is 1. The fraction of sp³-hybridized carbons (Fsp3) is 0.406. The molecule has 2 aromatic heterocycles. The van der Waals surface area contributed by atoms with Crippen LogP contribution in [-0.4, -0.2) is 20.2 Å². The van der Waals surface area contributed by atoms with E-state index in [2.05, 4.69) is 159 Å². The van der Waals surface area contributed by atoms with E-state index in [-0.39, 0.29) is 11.7 Å². The molecule has 5 nitrogen and oxygen atoms in total. The Balaban J connectivity index is 1.58. The summed E-state index contributed by atoms with van der Waals surface area (Å²) in [7, 11) is 4.33. The maximum Gasteiger partial charge on any atom is 0.370 e. The largest absolute Gasteiger partial charge is 0.370 e. The van der Waals surface area contributed by atoms with Crippen LogP contribution < -0.4 is 9.47 Å². The highest BCUT2D eigenvalue weighted by Gasteiger charge is 2.42. The van der Waals surface area contributed by atoms with Gasteiger partial charge in [-0.1, -0.05) is 64.1 Å². The van der Waals surface area contributed by atoms with Crippen molar-refractivity contribution in [1.82, 2.24) is 14.0 Å². The van der Waals surface area contributed by atoms with Gasteiger partial charge in [0.05, 0.1) is 25.0 Å². The van der Waals surface area contributed by atoms with E-state index in [1.807, 2.05) is 0 Å². The van der Waals surface area contributed by atoms with Gasteiger partial charge < -0.3 is 9.47 Å². The molecular weight excluding hydrogens is 454 g/mol. The third-order valence-corrected chi connectivity index (χ3v) is 8.20. The van der Waals surface area contributed by atoms with Crippen LogP contribution in [0, 0.1) is 0 Å². The number of fused-ring (bicyclic) bond motifs is 1. The van der Waals surface area contributed by atoms with Crippen molar-refractivity contribution in [3.8, 4) is 5.69 Å². The molecule has 194 valence electrons. The molecule has 0 saturated carbocycles. The van der Waals surface area contributed by atoms with Gasteiger partial charge in [0, 0.05) is 24.5 Å². The van der Waals surface area contributed by atoms with Crippen molar-refractivity contribution in [2.24, 2.45) is 14.1 Å². The maximum atomic E-state index is 2.48. The molecule has 0 amide bonds. The van der Waals surface area contributed by atoms with Gasteiger partial charge in [-0.3, -0.25) is 0 Å². The van der Waals surface area contributed by atoms with Crippen molar-refractivity contribution >= 4 is 16.9 Å². The Labute approximate surface area is 222 Å². The van der Waals surface area contributed by atoms with Crippen LogP contribution in [0.2, 0.25) is 0 Å². The van der Waals surface area contributed by atoms with E-state index in [1.54, 1.807) is 0 Å². The van der Waals surface area contributed by atoms with Gasteiger partial charge in [0.1, 0.15) is 11.9 Å². The van der Waals surface area contributed by atoms with Crippen LogP contribution in [0.3, 0.4) is 0 Å². The van der Waals surface area contributed by atoms with Crippen LogP contribution in [0.1, 0.15) is 77.1 Å². The predicted octanol–water partition coefficient (Wildman–Crippen LogP) is 6.91. The second-order valence-electron chi connectivity index (χ2n) is 11.6. The summed E-state index contributed by atoms with van der Waals surface area (Å²) in [6.45, 7) is 16.1. The number of benzene rings is 2. The van der Waals surface area contributed by atoms with E-state index in [1.165, 1.54) is 33.4 Å². The first kappa shape index (κ1) is 25.2. The zero-order chi connectivity index (χ0) is 26.6. The average Bonchev–Trinajstić information content (AvgIpc) is 3.53. The Morgan fingerprint density at radius 2 is 1.54 bits per heavy atom. The summed E-state index contributed by atoms with van der Waals surface area (Å²) in [4.78, 5) is 4.89. The summed E-state index contributed by atoms with van der Waals surface area (Å²) in [6.07, 6.45) is 9.04. The van der Waals surface area contributed by atoms with E-state index in [0.29, 0.717) is 11.8 Å². The second-order valence-corrected chi connectivity index (χ2v) is 11.6. The number of imidazole rings is 1. The number of hydrogen-bond acceptors (Lipinski definition) is 2. The summed E-state index contributed by atoms with van der Waals surface area (Å²) in [5.41, 5.74) is 6.45. The van der Waals surface area contributed by atoms with Crippen LogP contribution in [0.15, 0.2) is 73.3 Å². The zero-order valence-electron chi connectivity index (χ0n) is 23.9. The van der Waals surface area contributed by atoms with E-state index in [4.69, 9.17) is 0 Å². The first-order valence-electron chi connectivity index (χ1n) is 13.5. The second kappa shape index (κ2) is 9.13. The third-order valence-electron chi connectivity index (χ3n) is 8.20. The first-order chi connectivity index (χ1) is 17.5. The van der Waals surface area contributed by atoms with Gasteiger partial charge in [0.25, 0.3) is 0 Å². The highest BCUT2D eigenvalue weighted by Crippen LogP contribution is 2.39. The topological polar surface area (TPSA) is 20.2 Å². The fourth-order valence-corrected chi connectivity index (χ4v) is 6.16. The number of aryl methyl sites for hydroxylation is 2. The highest BCUT2D eigenvalue weighted by molar-refractivity contribution is 5.81. The molecule has 3 heterocycles. The SMILES string of the molecule is CC(C)c1cccc(C(C)C)c1-n1cc[n+](C)c1N1C=CN(C(C)(C)c2cc3ccccc3n2C)[C@@H]1C. The third kappa shape index (κ3) is 3.96. The fourth-order valence-electron chi connectivity index (χ4n) is 6.16. The Morgan fingerprint density at radius 3 is 2.16 bits per heavy atom. The molecule has 5 rings (SSSR count). The molecule has 0 fully saturated rings. The molecule has 0 saturated heterocycles. The Kier molecular flexibility index (Phi) is 6.21. The smallest absolute Gasteiger partial charge is 0.346 e. The van der Waals surface area contributed by atoms with Gasteiger partial charge in [-0.2, -0.15) is 0 Å². The van der Waals surface area contributed by atoms with Crippen molar-refractivity contribution in [3.63, 3.8) is 0 Å². The van der Waals surface area contributed by atoms with Crippen LogP contribution in [-0.2, 0) is 19.6 Å². The van der Waals surface area contributed by atoms with Crippen LogP contribution in [0.5, 0.6) is 0 Å². The van der Waals surface area contributed by atoms with Crippen molar-refractivity contribution in [2.75, 3.05) is 4.90 Å². The standard InChI is InChI=1S/C32H42N5/c1-22(2)26-14-12-15-27(23(3)4)30(26)36-18-17-33(8)31(36)35-19-20-37(24(35)5)32(6,7)29-21-25-13-10-11-16-28(25)34(29)9/h10-24H,1-9H3/q+1/t24-/m1/s1. The monoisotopic (exact) mass is 496 g/mol. The first-order valence-corrected chi connectivity index (χ1v) is 13.5. The Morgan fingerprint density at radius 1 is 0.892 bits per heavy atom. The van der Waals surface area contributed by atoms with Gasteiger partial charge >= 0.3 is 5.95 Å². The summed E-state index contributed by atoms with van der Waals surface area (Å²) in [5, 5.41) is 1.28. The number of hydrogen-bond donors (Lipinski definition) is 0. The van der Waals surface area contributed by atoms with Crippen molar-refractivity contribution in [3.05, 3.63) is 90.1 Å². The molecule has 1 atom stereocenters. The predicted molar refractivity (Wildman–Crippen MR) is 154 cm³/mol. The van der Waals surface area contributed by atoms with Crippen LogP contribution in [0.4, 0.5) is 5.95 Å². The van der Waals surface area contributed by atoms with Gasteiger partial charge in [-0.05, 0) is 61.3 Å². The quantitative estimate of drug-likeness (QED) is 0.270. The molecule has 37 heavy (non-hydrogen) atoms. The van der Waals surface area contributed by atoms with Crippen molar-refractivity contribution in [2.45, 2.75) is 72.0 Å². The Bertz CT molecular complexity index is 1440. The van der Waals surface area contributed by atoms with Crippen LogP contribution in [0.25, 0.3) is 16.6 Å². The van der Waals surface area contributed by atoms with E-state index in [9.17, 15) is 0 Å². The lowest BCUT2D eigenvalue weighted by molar-refractivity contribution is -0.657. The lowest BCUT2D eigenvalue weighted by Crippen LogP contribution is -2.49. The lowest BCUT2D eigenvalue weighted by Gasteiger charge is -2.39. The Hall–Kier alpha value is -3.47. The minimum absolute atomic E-state index is 0.140. The summed E-state index contributed by atoms with van der Waals surface area (Å²) in [6, 6.07) is 17.8. The number of aromatic nitrogens is 3. The van der Waals surface area contributed by atoms with Crippen molar-refractivity contribution < 1.29 is 4.57 Å². The maximum absolute atomic E-state index is 2.48. The van der Waals surface area contributed by atoms with E-state index >= 15 is 0 Å². The molecular formula is C32H42N5+. The molecule has 2 aromatic carbocycles. The van der Waals surface area contributed by atoms with Gasteiger partial charge in [0.2, 0.25) is 0 Å². The number of para-hydroxylation sites is 2. The van der Waals surface area contributed by atoms with Gasteiger partial charge in [-0.25, -0.2) is 14.0 Å². The molecule has 5 heteroatoms. The number of rotatable bonds is 6. The minimum atomic E-state index is -0.201. The molecule has 0 bridgehead atoms. The highest BCUT2D eigenvalue weighted by atomic mass is 15.5. The molecule has 1 aliphatic rings. The molecule has 4 aromatic rings. The lowest BCUT2D eigenvalue weighted by atomic mass is 9.92. The summed E-state index contributed by atoms with van der Waals surface area (Å²) in [5.74, 6) is 2.03. The normalized spacial score (nSPS) is 16.2. The molecule has 0 aliphatic carbocycles. The molecule has 0 radical (unpaired) electrons. The average molecular weight is 497 g/mol. The summed E-state index contributed by atoms with van der Waals surface area (Å²) >= 11 is 0. The minimum Gasteiger partial charge on any atom is -0.346 e. The van der Waals surface area contributed by atoms with Crippen LogP contribution >= 0.6 is 0 Å². The number of nitrogens with zero attached hydrogens (tertiary/aromatic N) is 5.